The second kappa shape index (κ2) is 8.94. The van der Waals surface area contributed by atoms with Gasteiger partial charge in [0, 0.05) is 6.42 Å². The number of halogens is 1. The van der Waals surface area contributed by atoms with Gasteiger partial charge in [-0.1, -0.05) is 6.92 Å². The fraction of sp³-hybridized carbons (Fsp3) is 0.579. The first-order chi connectivity index (χ1) is 11.7. The SMILES string of the molecule is CCOC(=O)c1cc(F)cc(C)c1NC(=O)C(CC)[N+](C)(CC)CC. The summed E-state index contributed by atoms with van der Waals surface area (Å²) < 4.78 is 19.3. The molecule has 6 heteroatoms. The lowest BCUT2D eigenvalue weighted by Crippen LogP contribution is -2.56. The summed E-state index contributed by atoms with van der Waals surface area (Å²) in [6, 6.07) is 2.15. The van der Waals surface area contributed by atoms with Crippen molar-refractivity contribution in [1.82, 2.24) is 0 Å². The zero-order chi connectivity index (χ0) is 19.2. The van der Waals surface area contributed by atoms with Crippen molar-refractivity contribution >= 4 is 17.6 Å². The number of nitrogens with zero attached hydrogens (tertiary/aromatic N) is 1. The zero-order valence-corrected chi connectivity index (χ0v) is 16.1. The van der Waals surface area contributed by atoms with E-state index in [1.54, 1.807) is 13.8 Å². The molecule has 1 aromatic carbocycles. The first kappa shape index (κ1) is 21.1. The van der Waals surface area contributed by atoms with Gasteiger partial charge in [0.2, 0.25) is 0 Å². The molecule has 0 aliphatic heterocycles. The highest BCUT2D eigenvalue weighted by atomic mass is 19.1. The molecule has 0 aromatic heterocycles. The van der Waals surface area contributed by atoms with Gasteiger partial charge in [-0.05, 0) is 45.4 Å². The van der Waals surface area contributed by atoms with Crippen LogP contribution in [0, 0.1) is 12.7 Å². The van der Waals surface area contributed by atoms with Crippen molar-refractivity contribution in [2.45, 2.75) is 47.1 Å². The van der Waals surface area contributed by atoms with Gasteiger partial charge >= 0.3 is 5.97 Å². The quantitative estimate of drug-likeness (QED) is 0.575. The molecule has 1 unspecified atom stereocenters. The van der Waals surface area contributed by atoms with Gasteiger partial charge in [0.25, 0.3) is 5.91 Å². The molecule has 0 saturated heterocycles. The first-order valence-corrected chi connectivity index (χ1v) is 8.86. The lowest BCUT2D eigenvalue weighted by atomic mass is 10.1. The normalized spacial score (nSPS) is 12.6. The van der Waals surface area contributed by atoms with Crippen LogP contribution in [-0.4, -0.2) is 49.1 Å². The molecule has 1 amide bonds. The molecule has 25 heavy (non-hydrogen) atoms. The van der Waals surface area contributed by atoms with E-state index in [-0.39, 0.29) is 24.1 Å². The number of aryl methyl sites for hydroxylation is 1. The molecular weight excluding hydrogens is 323 g/mol. The number of nitrogens with one attached hydrogen (secondary N) is 1. The Morgan fingerprint density at radius 3 is 2.28 bits per heavy atom. The molecule has 0 aliphatic rings. The van der Waals surface area contributed by atoms with Crippen LogP contribution in [0.3, 0.4) is 0 Å². The van der Waals surface area contributed by atoms with E-state index in [0.717, 1.165) is 19.2 Å². The molecule has 1 atom stereocenters. The van der Waals surface area contributed by atoms with Gasteiger partial charge in [0.15, 0.2) is 6.04 Å². The Morgan fingerprint density at radius 1 is 1.20 bits per heavy atom. The van der Waals surface area contributed by atoms with Gasteiger partial charge in [0.1, 0.15) is 5.82 Å². The number of carbonyl (C=O) groups is 2. The van der Waals surface area contributed by atoms with E-state index in [4.69, 9.17) is 4.74 Å². The third kappa shape index (κ3) is 4.78. The van der Waals surface area contributed by atoms with Crippen LogP contribution in [0.15, 0.2) is 12.1 Å². The number of ether oxygens (including phenoxy) is 1. The van der Waals surface area contributed by atoms with Gasteiger partial charge in [-0.15, -0.1) is 0 Å². The molecule has 0 fully saturated rings. The van der Waals surface area contributed by atoms with Crippen molar-refractivity contribution in [3.63, 3.8) is 0 Å². The molecule has 0 aliphatic carbocycles. The molecule has 0 radical (unpaired) electrons. The fourth-order valence-corrected chi connectivity index (χ4v) is 3.06. The Labute approximate surface area is 149 Å². The molecule has 1 rings (SSSR count). The summed E-state index contributed by atoms with van der Waals surface area (Å²) in [5, 5.41) is 2.85. The lowest BCUT2D eigenvalue weighted by molar-refractivity contribution is -0.921. The van der Waals surface area contributed by atoms with E-state index in [0.29, 0.717) is 22.2 Å². The van der Waals surface area contributed by atoms with Crippen molar-refractivity contribution in [1.29, 1.82) is 0 Å². The van der Waals surface area contributed by atoms with Gasteiger partial charge in [-0.2, -0.15) is 0 Å². The summed E-state index contributed by atoms with van der Waals surface area (Å²) in [6.07, 6.45) is 0.666. The van der Waals surface area contributed by atoms with Crippen LogP contribution in [0.4, 0.5) is 10.1 Å². The number of carbonyl (C=O) groups excluding carboxylic acids is 2. The predicted molar refractivity (Wildman–Crippen MR) is 97.1 cm³/mol. The molecule has 0 spiro atoms. The standard InChI is InChI=1S/C19H29FN2O3/c1-7-16(22(6,8-2)9-3)18(23)21-17-13(5)11-14(20)12-15(17)19(24)25-10-4/h11-12,16H,7-10H2,1-6H3/p+1. The Balaban J connectivity index is 3.24. The minimum atomic E-state index is -0.642. The Hall–Kier alpha value is -1.95. The van der Waals surface area contributed by atoms with Crippen molar-refractivity contribution in [3.05, 3.63) is 29.1 Å². The summed E-state index contributed by atoms with van der Waals surface area (Å²) in [7, 11) is 2.04. The van der Waals surface area contributed by atoms with Gasteiger partial charge in [0.05, 0.1) is 38.0 Å². The lowest BCUT2D eigenvalue weighted by Gasteiger charge is -2.38. The number of anilines is 1. The average Bonchev–Trinajstić information content (AvgIpc) is 2.57. The molecule has 5 nitrogen and oxygen atoms in total. The number of rotatable bonds is 8. The first-order valence-electron chi connectivity index (χ1n) is 8.86. The predicted octanol–water partition coefficient (Wildman–Crippen LogP) is 3.51. The highest BCUT2D eigenvalue weighted by Gasteiger charge is 2.35. The highest BCUT2D eigenvalue weighted by Crippen LogP contribution is 2.25. The van der Waals surface area contributed by atoms with E-state index < -0.39 is 11.8 Å². The van der Waals surface area contributed by atoms with Gasteiger partial charge in [-0.25, -0.2) is 9.18 Å². The summed E-state index contributed by atoms with van der Waals surface area (Å²) in [4.78, 5) is 25.1. The number of hydrogen-bond acceptors (Lipinski definition) is 3. The number of quaternary nitrogens is 1. The minimum Gasteiger partial charge on any atom is -0.462 e. The number of likely N-dealkylation sites (N-methyl/N-ethyl adjacent to an activating group) is 1. The monoisotopic (exact) mass is 353 g/mol. The largest absolute Gasteiger partial charge is 0.462 e. The molecule has 1 aromatic rings. The van der Waals surface area contributed by atoms with Crippen LogP contribution in [0.1, 0.15) is 50.0 Å². The third-order valence-electron chi connectivity index (χ3n) is 4.93. The van der Waals surface area contributed by atoms with Crippen molar-refractivity contribution in [2.75, 3.05) is 32.1 Å². The number of esters is 1. The third-order valence-corrected chi connectivity index (χ3v) is 4.93. The number of amides is 1. The smallest absolute Gasteiger partial charge is 0.340 e. The van der Waals surface area contributed by atoms with Crippen LogP contribution < -0.4 is 5.32 Å². The Morgan fingerprint density at radius 2 is 1.80 bits per heavy atom. The maximum atomic E-state index is 13.7. The molecule has 1 N–H and O–H groups in total. The van der Waals surface area contributed by atoms with Crippen molar-refractivity contribution < 1.29 is 23.2 Å². The zero-order valence-electron chi connectivity index (χ0n) is 16.1. The summed E-state index contributed by atoms with van der Waals surface area (Å²) in [5.74, 6) is -1.35. The Bertz CT molecular complexity index is 627. The average molecular weight is 353 g/mol. The van der Waals surface area contributed by atoms with Crippen LogP contribution in [0.2, 0.25) is 0 Å². The topological polar surface area (TPSA) is 55.4 Å². The van der Waals surface area contributed by atoms with E-state index >= 15 is 0 Å². The second-order valence-electron chi connectivity index (χ2n) is 6.39. The van der Waals surface area contributed by atoms with E-state index in [1.807, 2.05) is 27.8 Å². The molecule has 0 saturated carbocycles. The molecule has 0 bridgehead atoms. The molecular formula is C19H30FN2O3+. The van der Waals surface area contributed by atoms with E-state index in [2.05, 4.69) is 5.32 Å². The minimum absolute atomic E-state index is 0.0461. The second-order valence-corrected chi connectivity index (χ2v) is 6.39. The Kier molecular flexibility index (Phi) is 7.55. The number of benzene rings is 1. The van der Waals surface area contributed by atoms with Crippen LogP contribution in [0.25, 0.3) is 0 Å². The summed E-state index contributed by atoms with van der Waals surface area (Å²) in [6.45, 7) is 11.2. The van der Waals surface area contributed by atoms with Crippen LogP contribution in [-0.2, 0) is 9.53 Å². The maximum Gasteiger partial charge on any atom is 0.340 e. The molecule has 0 heterocycles. The van der Waals surface area contributed by atoms with Crippen LogP contribution >= 0.6 is 0 Å². The summed E-state index contributed by atoms with van der Waals surface area (Å²) >= 11 is 0. The van der Waals surface area contributed by atoms with Gasteiger partial charge in [-0.3, -0.25) is 4.79 Å². The number of hydrogen-bond donors (Lipinski definition) is 1. The molecule has 140 valence electrons. The van der Waals surface area contributed by atoms with Crippen molar-refractivity contribution in [3.8, 4) is 0 Å². The highest BCUT2D eigenvalue weighted by molar-refractivity contribution is 6.03. The van der Waals surface area contributed by atoms with E-state index in [9.17, 15) is 14.0 Å². The van der Waals surface area contributed by atoms with Gasteiger partial charge < -0.3 is 14.5 Å². The van der Waals surface area contributed by atoms with Crippen molar-refractivity contribution in [2.24, 2.45) is 0 Å². The van der Waals surface area contributed by atoms with E-state index in [1.165, 1.54) is 6.07 Å². The summed E-state index contributed by atoms with van der Waals surface area (Å²) in [5.41, 5.74) is 0.861. The maximum absolute atomic E-state index is 13.7. The van der Waals surface area contributed by atoms with Crippen LogP contribution in [0.5, 0.6) is 0 Å². The fourth-order valence-electron chi connectivity index (χ4n) is 3.06.